The largest absolute Gasteiger partial charge is 0.0856 e. The lowest BCUT2D eigenvalue weighted by atomic mass is 9.67. The third-order valence-corrected chi connectivity index (χ3v) is 5.72. The fourth-order valence-corrected chi connectivity index (χ4v) is 4.58. The molecule has 0 aliphatic heterocycles. The van der Waals surface area contributed by atoms with Gasteiger partial charge in [0.2, 0.25) is 0 Å². The number of rotatable bonds is 5. The summed E-state index contributed by atoms with van der Waals surface area (Å²) in [5, 5.41) is 0. The molecule has 0 aromatic carbocycles. The highest BCUT2D eigenvalue weighted by Gasteiger charge is 2.31. The molecular formula is C21H36. The Balaban J connectivity index is 1.92. The number of hydrogen-bond donors (Lipinski definition) is 0. The summed E-state index contributed by atoms with van der Waals surface area (Å²) < 4.78 is 0. The molecule has 2 fully saturated rings. The minimum absolute atomic E-state index is 0.897. The van der Waals surface area contributed by atoms with Crippen molar-refractivity contribution < 1.29 is 0 Å². The molecule has 0 nitrogen and oxygen atoms in total. The fourth-order valence-electron chi connectivity index (χ4n) is 4.58. The van der Waals surface area contributed by atoms with Gasteiger partial charge in [0.05, 0.1) is 0 Å². The lowest BCUT2D eigenvalue weighted by Crippen LogP contribution is -2.27. The van der Waals surface area contributed by atoms with E-state index in [9.17, 15) is 0 Å². The second kappa shape index (κ2) is 8.81. The van der Waals surface area contributed by atoms with Gasteiger partial charge in [0.25, 0.3) is 0 Å². The maximum Gasteiger partial charge on any atom is -0.0200 e. The molecule has 0 aromatic rings. The maximum absolute atomic E-state index is 2.68. The van der Waals surface area contributed by atoms with Crippen molar-refractivity contribution in [2.45, 2.75) is 91.4 Å². The minimum atomic E-state index is 0.897. The van der Waals surface area contributed by atoms with Crippen LogP contribution in [-0.2, 0) is 0 Å². The zero-order valence-corrected chi connectivity index (χ0v) is 14.7. The third-order valence-electron chi connectivity index (χ3n) is 5.72. The van der Waals surface area contributed by atoms with Crippen molar-refractivity contribution in [2.75, 3.05) is 0 Å². The van der Waals surface area contributed by atoms with Crippen LogP contribution in [0, 0.1) is 17.8 Å². The van der Waals surface area contributed by atoms with E-state index in [0.717, 1.165) is 17.8 Å². The standard InChI is InChI=1S/C21H36/c1-17(2)10-9-11-18(3)16-20-14-7-8-15-21(20)19-12-5-4-6-13-19/h10,16,19-21H,4-9,11-15H2,1-3H3. The van der Waals surface area contributed by atoms with Crippen LogP contribution >= 0.6 is 0 Å². The minimum Gasteiger partial charge on any atom is -0.0856 e. The molecule has 0 heterocycles. The van der Waals surface area contributed by atoms with Crippen LogP contribution in [0.5, 0.6) is 0 Å². The first-order valence-electron chi connectivity index (χ1n) is 9.47. The molecule has 0 bridgehead atoms. The van der Waals surface area contributed by atoms with E-state index >= 15 is 0 Å². The molecule has 0 N–H and O–H groups in total. The van der Waals surface area contributed by atoms with Crippen molar-refractivity contribution in [3.63, 3.8) is 0 Å². The summed E-state index contributed by atoms with van der Waals surface area (Å²) in [6, 6.07) is 0. The van der Waals surface area contributed by atoms with E-state index in [1.54, 1.807) is 5.57 Å². The van der Waals surface area contributed by atoms with Crippen LogP contribution < -0.4 is 0 Å². The van der Waals surface area contributed by atoms with E-state index < -0.39 is 0 Å². The van der Waals surface area contributed by atoms with Crippen LogP contribution in [0.4, 0.5) is 0 Å². The van der Waals surface area contributed by atoms with E-state index in [-0.39, 0.29) is 0 Å². The van der Waals surface area contributed by atoms with Crippen molar-refractivity contribution in [1.82, 2.24) is 0 Å². The summed E-state index contributed by atoms with van der Waals surface area (Å²) in [6.45, 7) is 6.78. The van der Waals surface area contributed by atoms with E-state index in [1.165, 1.54) is 76.2 Å². The van der Waals surface area contributed by atoms with Gasteiger partial charge in [0.15, 0.2) is 0 Å². The summed E-state index contributed by atoms with van der Waals surface area (Å²) in [7, 11) is 0. The first kappa shape index (κ1) is 16.8. The van der Waals surface area contributed by atoms with Gasteiger partial charge in [0.1, 0.15) is 0 Å². The molecule has 2 atom stereocenters. The number of hydrogen-bond acceptors (Lipinski definition) is 0. The molecule has 2 saturated carbocycles. The first-order chi connectivity index (χ1) is 10.2. The summed E-state index contributed by atoms with van der Waals surface area (Å²) in [6.07, 6.45) is 21.0. The van der Waals surface area contributed by atoms with Gasteiger partial charge in [-0.05, 0) is 64.2 Å². The van der Waals surface area contributed by atoms with Gasteiger partial charge in [-0.25, -0.2) is 0 Å². The highest BCUT2D eigenvalue weighted by Crippen LogP contribution is 2.42. The summed E-state index contributed by atoms with van der Waals surface area (Å²) >= 11 is 0. The highest BCUT2D eigenvalue weighted by molar-refractivity contribution is 5.06. The van der Waals surface area contributed by atoms with Crippen LogP contribution in [0.15, 0.2) is 23.3 Å². The molecule has 2 aliphatic carbocycles. The molecule has 21 heavy (non-hydrogen) atoms. The number of allylic oxidation sites excluding steroid dienone is 4. The highest BCUT2D eigenvalue weighted by atomic mass is 14.4. The monoisotopic (exact) mass is 288 g/mol. The molecule has 0 heteroatoms. The summed E-state index contributed by atoms with van der Waals surface area (Å²) in [5.74, 6) is 2.96. The first-order valence-corrected chi connectivity index (χ1v) is 9.47. The lowest BCUT2D eigenvalue weighted by molar-refractivity contribution is 0.155. The second-order valence-corrected chi connectivity index (χ2v) is 7.84. The topological polar surface area (TPSA) is 0 Å². The zero-order chi connectivity index (χ0) is 15.1. The molecule has 2 unspecified atom stereocenters. The van der Waals surface area contributed by atoms with Crippen LogP contribution in [0.2, 0.25) is 0 Å². The average Bonchev–Trinajstić information content (AvgIpc) is 2.48. The molecule has 0 saturated heterocycles. The van der Waals surface area contributed by atoms with Crippen LogP contribution in [-0.4, -0.2) is 0 Å². The van der Waals surface area contributed by atoms with E-state index in [4.69, 9.17) is 0 Å². The Hall–Kier alpha value is -0.520. The van der Waals surface area contributed by atoms with Crippen molar-refractivity contribution in [1.29, 1.82) is 0 Å². The summed E-state index contributed by atoms with van der Waals surface area (Å²) in [5.41, 5.74) is 3.10. The van der Waals surface area contributed by atoms with Crippen molar-refractivity contribution in [3.8, 4) is 0 Å². The quantitative estimate of drug-likeness (QED) is 0.475. The van der Waals surface area contributed by atoms with E-state index in [0.29, 0.717) is 0 Å². The second-order valence-electron chi connectivity index (χ2n) is 7.84. The Morgan fingerprint density at radius 1 is 0.857 bits per heavy atom. The Morgan fingerprint density at radius 3 is 2.24 bits per heavy atom. The van der Waals surface area contributed by atoms with Gasteiger partial charge < -0.3 is 0 Å². The van der Waals surface area contributed by atoms with Crippen LogP contribution in [0.25, 0.3) is 0 Å². The van der Waals surface area contributed by atoms with Gasteiger partial charge in [0, 0.05) is 0 Å². The Labute approximate surface area is 133 Å². The predicted octanol–water partition coefficient (Wildman–Crippen LogP) is 7.07. The van der Waals surface area contributed by atoms with E-state index in [2.05, 4.69) is 32.9 Å². The lowest BCUT2D eigenvalue weighted by Gasteiger charge is -2.38. The predicted molar refractivity (Wildman–Crippen MR) is 94.4 cm³/mol. The van der Waals surface area contributed by atoms with Crippen LogP contribution in [0.1, 0.15) is 91.4 Å². The SMILES string of the molecule is CC(C)=CCCC(C)=CC1CCCCC1C1CCCCC1. The van der Waals surface area contributed by atoms with Gasteiger partial charge in [-0.3, -0.25) is 0 Å². The molecule has 120 valence electrons. The molecule has 0 amide bonds. The molecule has 0 radical (unpaired) electrons. The Bertz CT molecular complexity index is 350. The van der Waals surface area contributed by atoms with Crippen molar-refractivity contribution in [2.24, 2.45) is 17.8 Å². The van der Waals surface area contributed by atoms with Gasteiger partial charge in [-0.15, -0.1) is 0 Å². The Morgan fingerprint density at radius 2 is 1.52 bits per heavy atom. The molecule has 2 rings (SSSR count). The fraction of sp³-hybridized carbons (Fsp3) is 0.810. The maximum atomic E-state index is 2.68. The van der Waals surface area contributed by atoms with Crippen molar-refractivity contribution >= 4 is 0 Å². The molecule has 0 spiro atoms. The Kier molecular flexibility index (Phi) is 7.07. The molecule has 0 aromatic heterocycles. The third kappa shape index (κ3) is 5.64. The van der Waals surface area contributed by atoms with Crippen LogP contribution in [0.3, 0.4) is 0 Å². The van der Waals surface area contributed by atoms with Gasteiger partial charge in [-0.1, -0.05) is 68.2 Å². The van der Waals surface area contributed by atoms with Crippen molar-refractivity contribution in [3.05, 3.63) is 23.3 Å². The summed E-state index contributed by atoms with van der Waals surface area (Å²) in [4.78, 5) is 0. The van der Waals surface area contributed by atoms with E-state index in [1.807, 2.05) is 0 Å². The zero-order valence-electron chi connectivity index (χ0n) is 14.7. The molecule has 2 aliphatic rings. The average molecular weight is 289 g/mol. The molecular weight excluding hydrogens is 252 g/mol. The van der Waals surface area contributed by atoms with Gasteiger partial charge in [-0.2, -0.15) is 0 Å². The normalized spacial score (nSPS) is 28.4. The van der Waals surface area contributed by atoms with Gasteiger partial charge >= 0.3 is 0 Å². The smallest absolute Gasteiger partial charge is 0.0200 e.